The van der Waals surface area contributed by atoms with Crippen molar-refractivity contribution in [2.45, 2.75) is 58.3 Å². The number of halogens is 2. The highest BCUT2D eigenvalue weighted by atomic mass is 19.3. The number of hydrogen-bond donors (Lipinski definition) is 3. The van der Waals surface area contributed by atoms with Crippen molar-refractivity contribution >= 4 is 23.4 Å². The fourth-order valence-electron chi connectivity index (χ4n) is 3.57. The third kappa shape index (κ3) is 8.00. The van der Waals surface area contributed by atoms with Crippen LogP contribution in [0.3, 0.4) is 0 Å². The number of urea groups is 1. The summed E-state index contributed by atoms with van der Waals surface area (Å²) in [7, 11) is 1.34. The summed E-state index contributed by atoms with van der Waals surface area (Å²) in [5, 5.41) is 13.8. The number of para-hydroxylation sites is 1. The molecule has 180 valence electrons. The standard InChI is InChI=1S/C17H19F2N3O2.C7H12O2/c1-10(2)11-6-4-5-7-12(11)21-17(23)22-14-9-20-13(16(18)19)8-15(14)24-3;8-7(9)6-4-2-1-3-5-6/h4-10,16H,1-3H3,(H2,21,22,23);6H,1-5H2,(H,8,9). The number of ether oxygens (including phenoxy) is 1. The molecule has 9 heteroatoms. The van der Waals surface area contributed by atoms with Crippen molar-refractivity contribution in [3.63, 3.8) is 0 Å². The number of aromatic nitrogens is 1. The molecule has 1 saturated carbocycles. The predicted octanol–water partition coefficient (Wildman–Crippen LogP) is 6.45. The zero-order valence-electron chi connectivity index (χ0n) is 19.1. The van der Waals surface area contributed by atoms with Crippen molar-refractivity contribution < 1.29 is 28.2 Å². The molecule has 0 radical (unpaired) electrons. The van der Waals surface area contributed by atoms with Crippen LogP contribution < -0.4 is 15.4 Å². The second-order valence-electron chi connectivity index (χ2n) is 8.10. The van der Waals surface area contributed by atoms with Crippen LogP contribution in [0.15, 0.2) is 36.5 Å². The average Bonchev–Trinajstić information content (AvgIpc) is 2.80. The number of nitrogens with zero attached hydrogens (tertiary/aromatic N) is 1. The van der Waals surface area contributed by atoms with Crippen LogP contribution in [0.2, 0.25) is 0 Å². The molecule has 0 saturated heterocycles. The monoisotopic (exact) mass is 463 g/mol. The molecule has 0 unspecified atom stereocenters. The van der Waals surface area contributed by atoms with Crippen LogP contribution in [0.5, 0.6) is 5.75 Å². The smallest absolute Gasteiger partial charge is 0.323 e. The third-order valence-electron chi connectivity index (χ3n) is 5.36. The van der Waals surface area contributed by atoms with Gasteiger partial charge in [-0.15, -0.1) is 0 Å². The number of carbonyl (C=O) groups is 2. The fourth-order valence-corrected chi connectivity index (χ4v) is 3.57. The van der Waals surface area contributed by atoms with E-state index in [9.17, 15) is 18.4 Å². The zero-order valence-corrected chi connectivity index (χ0v) is 19.1. The van der Waals surface area contributed by atoms with Gasteiger partial charge in [0.1, 0.15) is 17.1 Å². The van der Waals surface area contributed by atoms with Crippen LogP contribution in [-0.2, 0) is 4.79 Å². The van der Waals surface area contributed by atoms with Gasteiger partial charge < -0.3 is 20.5 Å². The van der Waals surface area contributed by atoms with E-state index in [1.807, 2.05) is 32.0 Å². The van der Waals surface area contributed by atoms with E-state index in [-0.39, 0.29) is 23.3 Å². The number of amides is 2. The summed E-state index contributed by atoms with van der Waals surface area (Å²) < 4.78 is 30.4. The van der Waals surface area contributed by atoms with E-state index in [0.29, 0.717) is 5.69 Å². The molecule has 3 rings (SSSR count). The number of carboxylic acid groups (broad SMARTS) is 1. The van der Waals surface area contributed by atoms with E-state index in [1.165, 1.54) is 13.5 Å². The van der Waals surface area contributed by atoms with Crippen molar-refractivity contribution in [3.8, 4) is 5.75 Å². The molecule has 0 aliphatic heterocycles. The molecule has 0 spiro atoms. The van der Waals surface area contributed by atoms with Gasteiger partial charge in [-0.2, -0.15) is 0 Å². The molecule has 33 heavy (non-hydrogen) atoms. The molecule has 0 bridgehead atoms. The van der Waals surface area contributed by atoms with Gasteiger partial charge in [0, 0.05) is 11.8 Å². The number of carbonyl (C=O) groups excluding carboxylic acids is 1. The number of alkyl halides is 2. The molecule has 0 atom stereocenters. The van der Waals surface area contributed by atoms with Gasteiger partial charge in [-0.1, -0.05) is 51.3 Å². The highest BCUT2D eigenvalue weighted by Crippen LogP contribution is 2.29. The molecule has 7 nitrogen and oxygen atoms in total. The van der Waals surface area contributed by atoms with Crippen LogP contribution in [0, 0.1) is 5.92 Å². The van der Waals surface area contributed by atoms with E-state index in [4.69, 9.17) is 9.84 Å². The first-order chi connectivity index (χ1) is 15.7. The Morgan fingerprint density at radius 3 is 2.27 bits per heavy atom. The summed E-state index contributed by atoms with van der Waals surface area (Å²) in [6.07, 6.45) is 3.68. The summed E-state index contributed by atoms with van der Waals surface area (Å²) >= 11 is 0. The van der Waals surface area contributed by atoms with Crippen LogP contribution >= 0.6 is 0 Å². The normalized spacial score (nSPS) is 13.8. The van der Waals surface area contributed by atoms with Crippen LogP contribution in [0.1, 0.15) is 69.6 Å². The van der Waals surface area contributed by atoms with Gasteiger partial charge in [0.2, 0.25) is 0 Å². The molecular formula is C24H31F2N3O4. The summed E-state index contributed by atoms with van der Waals surface area (Å²) in [5.41, 5.74) is 1.47. The van der Waals surface area contributed by atoms with Gasteiger partial charge in [0.05, 0.1) is 19.2 Å². The lowest BCUT2D eigenvalue weighted by Crippen LogP contribution is -2.21. The lowest BCUT2D eigenvalue weighted by Gasteiger charge is -2.16. The molecule has 1 aromatic carbocycles. The number of methoxy groups -OCH3 is 1. The number of carboxylic acids is 1. The Labute approximate surface area is 192 Å². The minimum Gasteiger partial charge on any atom is -0.494 e. The number of aliphatic carboxylic acids is 1. The quantitative estimate of drug-likeness (QED) is 0.457. The van der Waals surface area contributed by atoms with E-state index in [2.05, 4.69) is 15.6 Å². The van der Waals surface area contributed by atoms with E-state index >= 15 is 0 Å². The van der Waals surface area contributed by atoms with Gasteiger partial charge in [-0.05, 0) is 30.4 Å². The number of rotatable bonds is 6. The van der Waals surface area contributed by atoms with Crippen LogP contribution in [0.25, 0.3) is 0 Å². The second kappa shape index (κ2) is 12.7. The number of hydrogen-bond acceptors (Lipinski definition) is 4. The van der Waals surface area contributed by atoms with Crippen molar-refractivity contribution in [1.82, 2.24) is 4.98 Å². The minimum absolute atomic E-state index is 0.0289. The topological polar surface area (TPSA) is 101 Å². The van der Waals surface area contributed by atoms with Crippen molar-refractivity contribution in [2.24, 2.45) is 5.92 Å². The lowest BCUT2D eigenvalue weighted by atomic mass is 9.90. The molecule has 1 aliphatic rings. The van der Waals surface area contributed by atoms with Gasteiger partial charge in [-0.25, -0.2) is 13.6 Å². The number of nitrogens with one attached hydrogen (secondary N) is 2. The summed E-state index contributed by atoms with van der Waals surface area (Å²) in [4.78, 5) is 26.2. The lowest BCUT2D eigenvalue weighted by molar-refractivity contribution is -0.142. The first-order valence-corrected chi connectivity index (χ1v) is 10.9. The Balaban J connectivity index is 0.000000357. The maximum Gasteiger partial charge on any atom is 0.323 e. The average molecular weight is 464 g/mol. The van der Waals surface area contributed by atoms with Gasteiger partial charge in [-0.3, -0.25) is 9.78 Å². The molecule has 1 heterocycles. The molecular weight excluding hydrogens is 432 g/mol. The van der Waals surface area contributed by atoms with Crippen LogP contribution in [-0.4, -0.2) is 29.2 Å². The maximum absolute atomic E-state index is 12.7. The molecule has 1 aromatic heterocycles. The molecule has 2 aromatic rings. The number of anilines is 2. The Morgan fingerprint density at radius 1 is 1.09 bits per heavy atom. The van der Waals surface area contributed by atoms with Gasteiger partial charge in [0.25, 0.3) is 6.43 Å². The fraction of sp³-hybridized carbons (Fsp3) is 0.458. The van der Waals surface area contributed by atoms with Crippen LogP contribution in [0.4, 0.5) is 25.0 Å². The summed E-state index contributed by atoms with van der Waals surface area (Å²) in [5.74, 6) is -0.274. The minimum atomic E-state index is -2.71. The Kier molecular flexibility index (Phi) is 10.0. The van der Waals surface area contributed by atoms with Crippen molar-refractivity contribution in [3.05, 3.63) is 47.8 Å². The van der Waals surface area contributed by atoms with Gasteiger partial charge in [0.15, 0.2) is 0 Å². The number of pyridine rings is 1. The predicted molar refractivity (Wildman–Crippen MR) is 123 cm³/mol. The SMILES string of the molecule is COc1cc(C(F)F)ncc1NC(=O)Nc1ccccc1C(C)C.O=C(O)C1CCCCC1. The summed E-state index contributed by atoms with van der Waals surface area (Å²) in [6.45, 7) is 4.04. The molecule has 3 N–H and O–H groups in total. The van der Waals surface area contributed by atoms with Gasteiger partial charge >= 0.3 is 12.0 Å². The third-order valence-corrected chi connectivity index (χ3v) is 5.36. The molecule has 2 amide bonds. The van der Waals surface area contributed by atoms with Crippen molar-refractivity contribution in [2.75, 3.05) is 17.7 Å². The largest absolute Gasteiger partial charge is 0.494 e. The summed E-state index contributed by atoms with van der Waals surface area (Å²) in [6, 6.07) is 8.04. The highest BCUT2D eigenvalue weighted by molar-refractivity contribution is 6.01. The Bertz CT molecular complexity index is 932. The maximum atomic E-state index is 12.7. The molecule has 1 aliphatic carbocycles. The first-order valence-electron chi connectivity index (χ1n) is 10.9. The molecule has 1 fully saturated rings. The van der Waals surface area contributed by atoms with Crippen molar-refractivity contribution in [1.29, 1.82) is 0 Å². The van der Waals surface area contributed by atoms with E-state index in [1.54, 1.807) is 6.07 Å². The number of benzene rings is 1. The van der Waals surface area contributed by atoms with E-state index in [0.717, 1.165) is 43.5 Å². The Hall–Kier alpha value is -3.23. The second-order valence-corrected chi connectivity index (χ2v) is 8.10. The first kappa shape index (κ1) is 26.0. The van der Waals surface area contributed by atoms with E-state index < -0.39 is 24.1 Å². The highest BCUT2D eigenvalue weighted by Gasteiger charge is 2.19. The Morgan fingerprint density at radius 2 is 1.73 bits per heavy atom. The zero-order chi connectivity index (χ0) is 24.4.